The summed E-state index contributed by atoms with van der Waals surface area (Å²) in [4.78, 5) is 23.1. The first kappa shape index (κ1) is 19.8. The molecule has 9 heteroatoms. The molecule has 7 nitrogen and oxygen atoms in total. The van der Waals surface area contributed by atoms with E-state index in [2.05, 4.69) is 5.32 Å². The average molecular weight is 395 g/mol. The molecule has 1 heterocycles. The van der Waals surface area contributed by atoms with Crippen molar-refractivity contribution in [2.24, 2.45) is 0 Å². The van der Waals surface area contributed by atoms with Crippen molar-refractivity contribution < 1.29 is 28.9 Å². The van der Waals surface area contributed by atoms with Crippen LogP contribution in [0.15, 0.2) is 28.7 Å². The minimum absolute atomic E-state index is 0.209. The molecule has 2 N–H and O–H groups in total. The van der Waals surface area contributed by atoms with Crippen molar-refractivity contribution in [2.45, 2.75) is 6.92 Å². The van der Waals surface area contributed by atoms with Gasteiger partial charge in [-0.1, -0.05) is 36.1 Å². The zero-order valence-corrected chi connectivity index (χ0v) is 16.0. The van der Waals surface area contributed by atoms with Crippen molar-refractivity contribution in [3.8, 4) is 17.2 Å². The van der Waals surface area contributed by atoms with Crippen LogP contribution in [0.25, 0.3) is 6.08 Å². The molecule has 1 saturated heterocycles. The van der Waals surface area contributed by atoms with Gasteiger partial charge in [-0.25, -0.2) is 4.79 Å². The Bertz CT molecular complexity index is 790. The maximum absolute atomic E-state index is 11.8. The fourth-order valence-electron chi connectivity index (χ4n) is 2.14. The summed E-state index contributed by atoms with van der Waals surface area (Å²) in [5.74, 6) is -0.435. The van der Waals surface area contributed by atoms with Crippen LogP contribution in [-0.2, 0) is 9.59 Å². The molecular formula is C17H17NO6S2. The van der Waals surface area contributed by atoms with Crippen molar-refractivity contribution >= 4 is 46.3 Å². The standard InChI is InChI=1S/C17H17NO6S2/c1-9(15-16(21)18-17(25)26-15)4-5-10-6-11(22-2)14(12(7-10)23-3)24-8-13(19)20/h4-7H,8H2,1-3H3,(H,19,20)(H,18,21,25). The molecule has 0 aliphatic carbocycles. The van der Waals surface area contributed by atoms with E-state index in [1.807, 2.05) is 6.92 Å². The number of carbonyl (C=O) groups is 2. The number of thioether (sulfide) groups is 1. The number of hydrogen-bond donors (Lipinski definition) is 2. The van der Waals surface area contributed by atoms with E-state index in [4.69, 9.17) is 31.5 Å². The van der Waals surface area contributed by atoms with E-state index in [-0.39, 0.29) is 11.7 Å². The molecule has 138 valence electrons. The van der Waals surface area contributed by atoms with Crippen LogP contribution in [-0.4, -0.2) is 42.1 Å². The van der Waals surface area contributed by atoms with Gasteiger partial charge in [-0.15, -0.1) is 0 Å². The zero-order chi connectivity index (χ0) is 19.3. The first-order valence-electron chi connectivity index (χ1n) is 7.38. The summed E-state index contributed by atoms with van der Waals surface area (Å²) in [6.45, 7) is 1.30. The van der Waals surface area contributed by atoms with E-state index in [1.54, 1.807) is 24.3 Å². The molecule has 0 saturated carbocycles. The summed E-state index contributed by atoms with van der Waals surface area (Å²) in [7, 11) is 2.90. The SMILES string of the molecule is COc1cc(C=CC(C)=C2SC(=S)NC2=O)cc(OC)c1OCC(=O)O. The average Bonchev–Trinajstić information content (AvgIpc) is 2.95. The second-order valence-electron chi connectivity index (χ2n) is 5.13. The number of benzene rings is 1. The van der Waals surface area contributed by atoms with Crippen molar-refractivity contribution in [3.05, 3.63) is 34.3 Å². The Morgan fingerprint density at radius 3 is 2.38 bits per heavy atom. The van der Waals surface area contributed by atoms with Crippen LogP contribution in [0.1, 0.15) is 12.5 Å². The molecule has 0 unspecified atom stereocenters. The van der Waals surface area contributed by atoms with Crippen LogP contribution >= 0.6 is 24.0 Å². The second-order valence-corrected chi connectivity index (χ2v) is 6.81. The summed E-state index contributed by atoms with van der Waals surface area (Å²) in [6.07, 6.45) is 3.56. The van der Waals surface area contributed by atoms with E-state index in [0.29, 0.717) is 20.7 Å². The number of hydrogen-bond acceptors (Lipinski definition) is 7. The van der Waals surface area contributed by atoms with E-state index in [9.17, 15) is 9.59 Å². The number of aliphatic carboxylic acids is 1. The number of nitrogens with one attached hydrogen (secondary N) is 1. The summed E-state index contributed by atoms with van der Waals surface area (Å²) < 4.78 is 16.2. The molecule has 1 aromatic rings. The Morgan fingerprint density at radius 1 is 1.31 bits per heavy atom. The van der Waals surface area contributed by atoms with Crippen LogP contribution in [0.5, 0.6) is 17.2 Å². The Morgan fingerprint density at radius 2 is 1.92 bits per heavy atom. The summed E-state index contributed by atoms with van der Waals surface area (Å²) in [5.41, 5.74) is 1.49. The highest BCUT2D eigenvalue weighted by molar-refractivity contribution is 8.26. The largest absolute Gasteiger partial charge is 0.493 e. The van der Waals surface area contributed by atoms with Crippen LogP contribution in [0.3, 0.4) is 0 Å². The lowest BCUT2D eigenvalue weighted by molar-refractivity contribution is -0.139. The molecule has 2 rings (SSSR count). The number of carboxylic acid groups (broad SMARTS) is 1. The third-order valence-corrected chi connectivity index (χ3v) is 4.67. The quantitative estimate of drug-likeness (QED) is 0.537. The highest BCUT2D eigenvalue weighted by atomic mass is 32.2. The number of carboxylic acids is 1. The summed E-state index contributed by atoms with van der Waals surface area (Å²) in [6, 6.07) is 3.36. The van der Waals surface area contributed by atoms with Gasteiger partial charge in [0, 0.05) is 0 Å². The van der Waals surface area contributed by atoms with Gasteiger partial charge in [-0.05, 0) is 30.2 Å². The predicted molar refractivity (Wildman–Crippen MR) is 103 cm³/mol. The molecule has 1 amide bonds. The Hall–Kier alpha value is -2.52. The lowest BCUT2D eigenvalue weighted by atomic mass is 10.1. The molecule has 0 bridgehead atoms. The Labute approximate surface area is 160 Å². The fraction of sp³-hybridized carbons (Fsp3) is 0.235. The molecule has 0 radical (unpaired) electrons. The molecular weight excluding hydrogens is 378 g/mol. The first-order chi connectivity index (χ1) is 12.3. The van der Waals surface area contributed by atoms with Gasteiger partial charge in [0.15, 0.2) is 18.1 Å². The molecule has 1 aliphatic rings. The number of carbonyl (C=O) groups excluding carboxylic acids is 1. The van der Waals surface area contributed by atoms with E-state index < -0.39 is 12.6 Å². The van der Waals surface area contributed by atoms with Gasteiger partial charge < -0.3 is 24.6 Å². The Balaban J connectivity index is 2.32. The van der Waals surface area contributed by atoms with Gasteiger partial charge in [-0.3, -0.25) is 4.79 Å². The van der Waals surface area contributed by atoms with Gasteiger partial charge in [0.2, 0.25) is 5.75 Å². The van der Waals surface area contributed by atoms with Gasteiger partial charge in [-0.2, -0.15) is 0 Å². The third-order valence-electron chi connectivity index (χ3n) is 3.32. The minimum atomic E-state index is -1.11. The molecule has 1 aliphatic heterocycles. The van der Waals surface area contributed by atoms with E-state index in [0.717, 1.165) is 11.1 Å². The zero-order valence-electron chi connectivity index (χ0n) is 14.3. The van der Waals surface area contributed by atoms with Gasteiger partial charge in [0.1, 0.15) is 4.32 Å². The van der Waals surface area contributed by atoms with Crippen molar-refractivity contribution in [1.82, 2.24) is 5.32 Å². The van der Waals surface area contributed by atoms with Crippen LogP contribution in [0, 0.1) is 0 Å². The number of ether oxygens (including phenoxy) is 3. The smallest absolute Gasteiger partial charge is 0.341 e. The van der Waals surface area contributed by atoms with Crippen LogP contribution in [0.4, 0.5) is 0 Å². The number of allylic oxidation sites excluding steroid dienone is 2. The number of rotatable bonds is 7. The first-order valence-corrected chi connectivity index (χ1v) is 8.61. The topological polar surface area (TPSA) is 94.1 Å². The third kappa shape index (κ3) is 4.77. The van der Waals surface area contributed by atoms with Crippen molar-refractivity contribution in [2.75, 3.05) is 20.8 Å². The van der Waals surface area contributed by atoms with E-state index >= 15 is 0 Å². The number of thiocarbonyl (C=S) groups is 1. The number of amides is 1. The molecule has 0 spiro atoms. The molecule has 1 fully saturated rings. The van der Waals surface area contributed by atoms with Gasteiger partial charge in [0.05, 0.1) is 19.1 Å². The maximum Gasteiger partial charge on any atom is 0.341 e. The molecule has 26 heavy (non-hydrogen) atoms. The summed E-state index contributed by atoms with van der Waals surface area (Å²) in [5, 5.41) is 11.4. The normalized spacial score (nSPS) is 15.8. The minimum Gasteiger partial charge on any atom is -0.493 e. The predicted octanol–water partition coefficient (Wildman–Crippen LogP) is 2.60. The van der Waals surface area contributed by atoms with Crippen LogP contribution in [0.2, 0.25) is 0 Å². The lowest BCUT2D eigenvalue weighted by Gasteiger charge is -2.14. The van der Waals surface area contributed by atoms with Gasteiger partial charge >= 0.3 is 5.97 Å². The second kappa shape index (κ2) is 8.72. The maximum atomic E-state index is 11.8. The molecule has 0 aromatic heterocycles. The fourth-order valence-corrected chi connectivity index (χ4v) is 3.19. The number of methoxy groups -OCH3 is 2. The van der Waals surface area contributed by atoms with Crippen molar-refractivity contribution in [3.63, 3.8) is 0 Å². The molecule has 1 aromatic carbocycles. The lowest BCUT2D eigenvalue weighted by Crippen LogP contribution is -2.18. The van der Waals surface area contributed by atoms with Crippen LogP contribution < -0.4 is 19.5 Å². The summed E-state index contributed by atoms with van der Waals surface area (Å²) >= 11 is 6.20. The molecule has 0 atom stereocenters. The monoisotopic (exact) mass is 395 g/mol. The highest BCUT2D eigenvalue weighted by Gasteiger charge is 2.23. The van der Waals surface area contributed by atoms with Gasteiger partial charge in [0.25, 0.3) is 5.91 Å². The Kier molecular flexibility index (Phi) is 6.64. The van der Waals surface area contributed by atoms with E-state index in [1.165, 1.54) is 26.0 Å². The highest BCUT2D eigenvalue weighted by Crippen LogP contribution is 2.39. The van der Waals surface area contributed by atoms with Crippen molar-refractivity contribution in [1.29, 1.82) is 0 Å².